The van der Waals surface area contributed by atoms with Gasteiger partial charge >= 0.3 is 0 Å². The van der Waals surface area contributed by atoms with E-state index in [9.17, 15) is 9.59 Å². The lowest BCUT2D eigenvalue weighted by Gasteiger charge is -2.27. The van der Waals surface area contributed by atoms with Crippen LogP contribution in [0.3, 0.4) is 0 Å². The number of carbonyl (C=O) groups excluding carboxylic acids is 1. The van der Waals surface area contributed by atoms with Gasteiger partial charge in [0.1, 0.15) is 0 Å². The number of nitrogens with one attached hydrogen (secondary N) is 1. The van der Waals surface area contributed by atoms with Crippen LogP contribution < -0.4 is 5.56 Å². The molecule has 0 radical (unpaired) electrons. The summed E-state index contributed by atoms with van der Waals surface area (Å²) >= 11 is 12.0. The predicted octanol–water partition coefficient (Wildman–Crippen LogP) is 2.28. The Morgan fingerprint density at radius 3 is 2.95 bits per heavy atom. The number of fused-ring (bicyclic) bond motifs is 1. The number of halogens is 2. The van der Waals surface area contributed by atoms with Crippen molar-refractivity contribution in [2.45, 2.75) is 13.0 Å². The zero-order valence-corrected chi connectivity index (χ0v) is 12.4. The lowest BCUT2D eigenvalue weighted by Crippen LogP contribution is -2.39. The summed E-state index contributed by atoms with van der Waals surface area (Å²) < 4.78 is 0. The Kier molecular flexibility index (Phi) is 3.69. The molecule has 1 amide bonds. The van der Waals surface area contributed by atoms with Gasteiger partial charge in [-0.2, -0.15) is 0 Å². The van der Waals surface area contributed by atoms with Gasteiger partial charge in [0, 0.05) is 12.1 Å². The predicted molar refractivity (Wildman–Crippen MR) is 79.8 cm³/mol. The minimum atomic E-state index is -0.213. The summed E-state index contributed by atoms with van der Waals surface area (Å²) in [7, 11) is 0. The second-order valence-electron chi connectivity index (χ2n) is 4.73. The first kappa shape index (κ1) is 14.1. The molecule has 2 aromatic rings. The molecule has 0 aliphatic carbocycles. The number of hydrogen-bond acceptors (Lipinski definition) is 3. The molecule has 0 atom stereocenters. The topological polar surface area (TPSA) is 66.1 Å². The van der Waals surface area contributed by atoms with Crippen LogP contribution in [0.15, 0.2) is 29.3 Å². The number of benzene rings is 1. The molecule has 2 heterocycles. The van der Waals surface area contributed by atoms with Gasteiger partial charge in [0.2, 0.25) is 0 Å². The van der Waals surface area contributed by atoms with Crippen molar-refractivity contribution < 1.29 is 4.79 Å². The third-order valence-corrected chi connectivity index (χ3v) is 4.30. The van der Waals surface area contributed by atoms with Gasteiger partial charge in [-0.15, -0.1) is 0 Å². The van der Waals surface area contributed by atoms with Crippen molar-refractivity contribution in [1.82, 2.24) is 14.9 Å². The molecule has 1 aromatic heterocycles. The van der Waals surface area contributed by atoms with Crippen molar-refractivity contribution in [2.24, 2.45) is 0 Å². The molecule has 1 aromatic carbocycles. The maximum absolute atomic E-state index is 12.5. The minimum absolute atomic E-state index is 0.145. The second kappa shape index (κ2) is 5.50. The van der Waals surface area contributed by atoms with Crippen LogP contribution in [0.1, 0.15) is 21.6 Å². The number of aromatic amines is 1. The van der Waals surface area contributed by atoms with E-state index in [1.165, 1.54) is 6.33 Å². The minimum Gasteiger partial charge on any atom is -0.332 e. The quantitative estimate of drug-likeness (QED) is 0.875. The van der Waals surface area contributed by atoms with Gasteiger partial charge in [0.25, 0.3) is 11.5 Å². The van der Waals surface area contributed by atoms with Crippen LogP contribution in [0.4, 0.5) is 0 Å². The Hall–Kier alpha value is -1.85. The summed E-state index contributed by atoms with van der Waals surface area (Å²) in [6.45, 7) is 0.740. The highest BCUT2D eigenvalue weighted by molar-refractivity contribution is 6.43. The highest BCUT2D eigenvalue weighted by Crippen LogP contribution is 2.27. The molecule has 7 heteroatoms. The molecule has 5 nitrogen and oxygen atoms in total. The number of nitrogens with zero attached hydrogens (tertiary/aromatic N) is 2. The zero-order chi connectivity index (χ0) is 15.0. The van der Waals surface area contributed by atoms with Crippen molar-refractivity contribution in [1.29, 1.82) is 0 Å². The lowest BCUT2D eigenvalue weighted by molar-refractivity contribution is 0.0731. The number of amides is 1. The number of hydrogen-bond donors (Lipinski definition) is 1. The third kappa shape index (κ3) is 2.54. The summed E-state index contributed by atoms with van der Waals surface area (Å²) in [5.74, 6) is -0.213. The van der Waals surface area contributed by atoms with Gasteiger partial charge in [-0.3, -0.25) is 9.59 Å². The molecule has 0 saturated carbocycles. The van der Waals surface area contributed by atoms with Gasteiger partial charge in [-0.1, -0.05) is 29.3 Å². The van der Waals surface area contributed by atoms with Crippen LogP contribution in [0.5, 0.6) is 0 Å². The maximum atomic E-state index is 12.5. The van der Waals surface area contributed by atoms with Gasteiger partial charge in [-0.25, -0.2) is 4.98 Å². The summed E-state index contributed by atoms with van der Waals surface area (Å²) in [6.07, 6.45) is 1.82. The van der Waals surface area contributed by atoms with Crippen molar-refractivity contribution in [2.75, 3.05) is 6.54 Å². The van der Waals surface area contributed by atoms with E-state index in [0.717, 1.165) is 0 Å². The molecular formula is C14H11Cl2N3O2. The largest absolute Gasteiger partial charge is 0.332 e. The molecule has 108 valence electrons. The van der Waals surface area contributed by atoms with Gasteiger partial charge in [-0.05, 0) is 18.6 Å². The zero-order valence-electron chi connectivity index (χ0n) is 10.9. The molecule has 0 fully saturated rings. The molecule has 1 N–H and O–H groups in total. The van der Waals surface area contributed by atoms with Crippen LogP contribution in [0.2, 0.25) is 10.0 Å². The van der Waals surface area contributed by atoms with Gasteiger partial charge < -0.3 is 9.88 Å². The van der Waals surface area contributed by atoms with E-state index < -0.39 is 0 Å². The number of H-pyrrole nitrogens is 1. The third-order valence-electron chi connectivity index (χ3n) is 3.48. The van der Waals surface area contributed by atoms with E-state index in [1.54, 1.807) is 23.1 Å². The summed E-state index contributed by atoms with van der Waals surface area (Å²) in [6, 6.07) is 4.95. The molecule has 0 saturated heterocycles. The fourth-order valence-corrected chi connectivity index (χ4v) is 2.76. The first-order chi connectivity index (χ1) is 10.1. The average molecular weight is 324 g/mol. The van der Waals surface area contributed by atoms with Crippen LogP contribution in [-0.2, 0) is 13.0 Å². The van der Waals surface area contributed by atoms with E-state index in [1.807, 2.05) is 0 Å². The highest BCUT2D eigenvalue weighted by Gasteiger charge is 2.25. The molecule has 0 spiro atoms. The first-order valence-electron chi connectivity index (χ1n) is 6.36. The highest BCUT2D eigenvalue weighted by atomic mass is 35.5. The Bertz CT molecular complexity index is 773. The molecular weight excluding hydrogens is 313 g/mol. The normalized spacial score (nSPS) is 13.9. The fourth-order valence-electron chi connectivity index (χ4n) is 2.38. The molecule has 0 bridgehead atoms. The molecule has 21 heavy (non-hydrogen) atoms. The lowest BCUT2D eigenvalue weighted by atomic mass is 10.1. The molecule has 3 rings (SSSR count). The van der Waals surface area contributed by atoms with E-state index in [2.05, 4.69) is 9.97 Å². The standard InChI is InChI=1S/C14H11Cl2N3O2/c15-10-3-1-2-9(12(10)16)14(21)19-5-4-8-11(6-19)17-7-18-13(8)20/h1-3,7H,4-6H2,(H,17,18,20). The van der Waals surface area contributed by atoms with Crippen LogP contribution in [0, 0.1) is 0 Å². The number of aromatic nitrogens is 2. The Labute approximate surface area is 130 Å². The van der Waals surface area contributed by atoms with Crippen LogP contribution in [0.25, 0.3) is 0 Å². The summed E-state index contributed by atoms with van der Waals surface area (Å²) in [5, 5.41) is 0.586. The Morgan fingerprint density at radius 1 is 1.33 bits per heavy atom. The smallest absolute Gasteiger partial charge is 0.255 e. The molecule has 0 unspecified atom stereocenters. The van der Waals surface area contributed by atoms with Gasteiger partial charge in [0.05, 0.1) is 34.2 Å². The average Bonchev–Trinajstić information content (AvgIpc) is 2.49. The number of rotatable bonds is 1. The maximum Gasteiger partial charge on any atom is 0.255 e. The van der Waals surface area contributed by atoms with E-state index in [4.69, 9.17) is 23.2 Å². The molecule has 1 aliphatic heterocycles. The Morgan fingerprint density at radius 2 is 2.14 bits per heavy atom. The molecule has 1 aliphatic rings. The summed E-state index contributed by atoms with van der Waals surface area (Å²) in [5.41, 5.74) is 1.47. The first-order valence-corrected chi connectivity index (χ1v) is 7.12. The van der Waals surface area contributed by atoms with Gasteiger partial charge in [0.15, 0.2) is 0 Å². The van der Waals surface area contributed by atoms with Crippen LogP contribution in [-0.4, -0.2) is 27.3 Å². The van der Waals surface area contributed by atoms with Crippen molar-refractivity contribution in [3.8, 4) is 0 Å². The van der Waals surface area contributed by atoms with Crippen molar-refractivity contribution in [3.63, 3.8) is 0 Å². The van der Waals surface area contributed by atoms with E-state index in [-0.39, 0.29) is 16.5 Å². The van der Waals surface area contributed by atoms with E-state index in [0.29, 0.717) is 41.4 Å². The van der Waals surface area contributed by atoms with E-state index >= 15 is 0 Å². The fraction of sp³-hybridized carbons (Fsp3) is 0.214. The Balaban J connectivity index is 1.91. The summed E-state index contributed by atoms with van der Waals surface area (Å²) in [4.78, 5) is 32.5. The monoisotopic (exact) mass is 323 g/mol. The van der Waals surface area contributed by atoms with Crippen LogP contribution >= 0.6 is 23.2 Å². The SMILES string of the molecule is O=C(c1cccc(Cl)c1Cl)N1CCc2c(nc[nH]c2=O)C1. The number of carbonyl (C=O) groups is 1. The van der Waals surface area contributed by atoms with Crippen molar-refractivity contribution >= 4 is 29.1 Å². The van der Waals surface area contributed by atoms with Crippen molar-refractivity contribution in [3.05, 3.63) is 61.7 Å². The second-order valence-corrected chi connectivity index (χ2v) is 5.52.